The van der Waals surface area contributed by atoms with Gasteiger partial charge in [-0.3, -0.25) is 0 Å². The number of nitrogens with one attached hydrogen (secondary N) is 1. The topological polar surface area (TPSA) is 32.3 Å². The van der Waals surface area contributed by atoms with E-state index in [9.17, 15) is 5.11 Å². The summed E-state index contributed by atoms with van der Waals surface area (Å²) in [5.74, 6) is 0. The minimum atomic E-state index is 0.0294. The Morgan fingerprint density at radius 1 is 1.33 bits per heavy atom. The van der Waals surface area contributed by atoms with Crippen LogP contribution in [0, 0.1) is 0 Å². The first kappa shape index (κ1) is 12.0. The van der Waals surface area contributed by atoms with E-state index in [4.69, 9.17) is 0 Å². The van der Waals surface area contributed by atoms with Crippen molar-refractivity contribution in [2.75, 3.05) is 13.2 Å². The van der Waals surface area contributed by atoms with E-state index in [0.717, 1.165) is 12.1 Å². The van der Waals surface area contributed by atoms with Gasteiger partial charge in [0.1, 0.15) is 0 Å². The van der Waals surface area contributed by atoms with Gasteiger partial charge in [-0.25, -0.2) is 0 Å². The van der Waals surface area contributed by atoms with Crippen molar-refractivity contribution in [1.82, 2.24) is 5.32 Å². The lowest BCUT2D eigenvalue weighted by atomic mass is 10.1. The summed E-state index contributed by atoms with van der Waals surface area (Å²) in [5.41, 5.74) is 2.41. The van der Waals surface area contributed by atoms with Crippen LogP contribution in [0.3, 0.4) is 0 Å². The molecule has 15 heavy (non-hydrogen) atoms. The van der Waals surface area contributed by atoms with Crippen molar-refractivity contribution in [2.45, 2.75) is 19.9 Å². The van der Waals surface area contributed by atoms with Crippen molar-refractivity contribution in [3.8, 4) is 0 Å². The van der Waals surface area contributed by atoms with E-state index in [1.165, 1.54) is 5.57 Å². The molecule has 0 aliphatic carbocycles. The van der Waals surface area contributed by atoms with Crippen LogP contribution in [-0.2, 0) is 0 Å². The predicted octanol–water partition coefficient (Wildman–Crippen LogP) is 2.28. The van der Waals surface area contributed by atoms with E-state index in [0.29, 0.717) is 0 Å². The van der Waals surface area contributed by atoms with Crippen LogP contribution in [0.15, 0.2) is 42.0 Å². The van der Waals surface area contributed by atoms with Gasteiger partial charge in [-0.1, -0.05) is 42.0 Å². The monoisotopic (exact) mass is 205 g/mol. The van der Waals surface area contributed by atoms with Crippen LogP contribution in [0.4, 0.5) is 0 Å². The predicted molar refractivity (Wildman–Crippen MR) is 63.7 cm³/mol. The quantitative estimate of drug-likeness (QED) is 0.723. The fourth-order valence-electron chi connectivity index (χ4n) is 1.38. The maximum absolute atomic E-state index is 9.26. The molecule has 0 aliphatic rings. The molecular formula is C13H19NO. The van der Waals surface area contributed by atoms with Crippen LogP contribution < -0.4 is 5.32 Å². The second-order valence-corrected chi connectivity index (χ2v) is 3.84. The zero-order chi connectivity index (χ0) is 11.1. The highest BCUT2D eigenvalue weighted by atomic mass is 16.3. The number of aliphatic hydroxyl groups excluding tert-OH is 1. The van der Waals surface area contributed by atoms with Gasteiger partial charge in [0.2, 0.25) is 0 Å². The third-order valence-electron chi connectivity index (χ3n) is 2.26. The summed E-state index contributed by atoms with van der Waals surface area (Å²) < 4.78 is 0. The molecule has 2 N–H and O–H groups in total. The van der Waals surface area contributed by atoms with Crippen LogP contribution in [0.1, 0.15) is 25.5 Å². The van der Waals surface area contributed by atoms with Gasteiger partial charge in [-0.05, 0) is 19.4 Å². The highest BCUT2D eigenvalue weighted by Crippen LogP contribution is 2.10. The molecule has 0 fully saturated rings. The standard InChI is InChI=1S/C13H19NO/c1-11(2)8-9-14-13(10-15)12-6-4-3-5-7-12/h3-8,13-15H,9-10H2,1-2H3. The summed E-state index contributed by atoms with van der Waals surface area (Å²) in [5, 5.41) is 12.6. The lowest BCUT2D eigenvalue weighted by molar-refractivity contribution is 0.248. The summed E-state index contributed by atoms with van der Waals surface area (Å²) >= 11 is 0. The molecule has 0 aliphatic heterocycles. The summed E-state index contributed by atoms with van der Waals surface area (Å²) in [6.07, 6.45) is 2.12. The fraction of sp³-hybridized carbons (Fsp3) is 0.385. The van der Waals surface area contributed by atoms with Crippen molar-refractivity contribution < 1.29 is 5.11 Å². The SMILES string of the molecule is CC(C)=CCNC(CO)c1ccccc1. The molecule has 0 amide bonds. The summed E-state index contributed by atoms with van der Waals surface area (Å²) in [4.78, 5) is 0. The average molecular weight is 205 g/mol. The van der Waals surface area contributed by atoms with Gasteiger partial charge in [-0.15, -0.1) is 0 Å². The molecule has 0 bridgehead atoms. The number of allylic oxidation sites excluding steroid dienone is 1. The Kier molecular flexibility index (Phi) is 5.08. The molecule has 82 valence electrons. The maximum atomic E-state index is 9.26. The first-order valence-corrected chi connectivity index (χ1v) is 5.26. The smallest absolute Gasteiger partial charge is 0.0626 e. The van der Waals surface area contributed by atoms with Crippen LogP contribution >= 0.6 is 0 Å². The van der Waals surface area contributed by atoms with E-state index in [2.05, 4.69) is 25.2 Å². The Bertz CT molecular complexity index is 302. The van der Waals surface area contributed by atoms with E-state index in [1.54, 1.807) is 0 Å². The van der Waals surface area contributed by atoms with Crippen molar-refractivity contribution >= 4 is 0 Å². The molecule has 1 atom stereocenters. The van der Waals surface area contributed by atoms with Crippen molar-refractivity contribution in [3.63, 3.8) is 0 Å². The Morgan fingerprint density at radius 3 is 2.53 bits per heavy atom. The molecule has 1 aromatic carbocycles. The molecule has 0 saturated heterocycles. The van der Waals surface area contributed by atoms with E-state index < -0.39 is 0 Å². The maximum Gasteiger partial charge on any atom is 0.0626 e. The second-order valence-electron chi connectivity index (χ2n) is 3.84. The highest BCUT2D eigenvalue weighted by Gasteiger charge is 2.07. The number of benzene rings is 1. The third-order valence-corrected chi connectivity index (χ3v) is 2.26. The number of aliphatic hydroxyl groups is 1. The van der Waals surface area contributed by atoms with Crippen LogP contribution in [0.5, 0.6) is 0 Å². The molecule has 0 radical (unpaired) electrons. The molecule has 1 unspecified atom stereocenters. The molecule has 0 spiro atoms. The summed E-state index contributed by atoms with van der Waals surface area (Å²) in [6.45, 7) is 5.05. The van der Waals surface area contributed by atoms with Gasteiger partial charge in [0.25, 0.3) is 0 Å². The molecule has 2 nitrogen and oxygen atoms in total. The van der Waals surface area contributed by atoms with Gasteiger partial charge >= 0.3 is 0 Å². The highest BCUT2D eigenvalue weighted by molar-refractivity contribution is 5.19. The van der Waals surface area contributed by atoms with Gasteiger partial charge in [0, 0.05) is 6.54 Å². The number of hydrogen-bond acceptors (Lipinski definition) is 2. The first-order valence-electron chi connectivity index (χ1n) is 5.26. The third kappa shape index (κ3) is 4.28. The molecule has 0 saturated carbocycles. The minimum Gasteiger partial charge on any atom is -0.394 e. The Hall–Kier alpha value is -1.12. The van der Waals surface area contributed by atoms with Gasteiger partial charge in [0.05, 0.1) is 12.6 Å². The van der Waals surface area contributed by atoms with Crippen LogP contribution in [0.2, 0.25) is 0 Å². The van der Waals surface area contributed by atoms with E-state index >= 15 is 0 Å². The number of rotatable bonds is 5. The molecular weight excluding hydrogens is 186 g/mol. The summed E-state index contributed by atoms with van der Waals surface area (Å²) in [6, 6.07) is 10.0. The van der Waals surface area contributed by atoms with Crippen molar-refractivity contribution in [3.05, 3.63) is 47.5 Å². The first-order chi connectivity index (χ1) is 7.24. The minimum absolute atomic E-state index is 0.0294. The second kappa shape index (κ2) is 6.38. The normalized spacial score (nSPS) is 12.2. The molecule has 1 rings (SSSR count). The van der Waals surface area contributed by atoms with Crippen molar-refractivity contribution in [1.29, 1.82) is 0 Å². The van der Waals surface area contributed by atoms with Gasteiger partial charge in [0.15, 0.2) is 0 Å². The summed E-state index contributed by atoms with van der Waals surface area (Å²) in [7, 11) is 0. The van der Waals surface area contributed by atoms with Gasteiger partial charge in [-0.2, -0.15) is 0 Å². The Labute approximate surface area is 91.6 Å². The zero-order valence-electron chi connectivity index (χ0n) is 9.40. The van der Waals surface area contributed by atoms with Gasteiger partial charge < -0.3 is 10.4 Å². The molecule has 2 heteroatoms. The Morgan fingerprint density at radius 2 is 2.00 bits per heavy atom. The van der Waals surface area contributed by atoms with Crippen LogP contribution in [-0.4, -0.2) is 18.3 Å². The van der Waals surface area contributed by atoms with E-state index in [1.807, 2.05) is 30.3 Å². The number of hydrogen-bond donors (Lipinski definition) is 2. The largest absolute Gasteiger partial charge is 0.394 e. The lowest BCUT2D eigenvalue weighted by Gasteiger charge is -2.15. The van der Waals surface area contributed by atoms with Crippen LogP contribution in [0.25, 0.3) is 0 Å². The zero-order valence-corrected chi connectivity index (χ0v) is 9.40. The fourth-order valence-corrected chi connectivity index (χ4v) is 1.38. The Balaban J connectivity index is 2.54. The lowest BCUT2D eigenvalue weighted by Crippen LogP contribution is -2.24. The van der Waals surface area contributed by atoms with Crippen molar-refractivity contribution in [2.24, 2.45) is 0 Å². The molecule has 0 aromatic heterocycles. The van der Waals surface area contributed by atoms with E-state index in [-0.39, 0.29) is 12.6 Å². The molecule has 0 heterocycles. The molecule has 1 aromatic rings. The average Bonchev–Trinajstić information content (AvgIpc) is 2.25.